The summed E-state index contributed by atoms with van der Waals surface area (Å²) in [5, 5.41) is 9.04. The van der Waals surface area contributed by atoms with Crippen LogP contribution >= 0.6 is 0 Å². The molecule has 0 spiro atoms. The zero-order valence-electron chi connectivity index (χ0n) is 9.47. The van der Waals surface area contributed by atoms with E-state index in [1.807, 2.05) is 0 Å². The molecule has 0 unspecified atom stereocenters. The molecule has 1 fully saturated rings. The summed E-state index contributed by atoms with van der Waals surface area (Å²) < 4.78 is 9.76. The lowest BCUT2D eigenvalue weighted by molar-refractivity contribution is -0.134. The fourth-order valence-corrected chi connectivity index (χ4v) is 1.60. The number of amides is 1. The van der Waals surface area contributed by atoms with Crippen molar-refractivity contribution in [1.82, 2.24) is 4.90 Å². The Kier molecular flexibility index (Phi) is 3.54. The van der Waals surface area contributed by atoms with Gasteiger partial charge in [-0.2, -0.15) is 0 Å². The lowest BCUT2D eigenvalue weighted by Crippen LogP contribution is -2.46. The molecule has 0 aliphatic carbocycles. The van der Waals surface area contributed by atoms with Crippen LogP contribution in [0.5, 0.6) is 0 Å². The van der Waals surface area contributed by atoms with E-state index in [9.17, 15) is 9.59 Å². The molecule has 1 amide bonds. The Bertz CT molecular complexity index is 323. The lowest BCUT2D eigenvalue weighted by atomic mass is 10.2. The summed E-state index contributed by atoms with van der Waals surface area (Å²) in [6.45, 7) is 3.55. The Hall–Kier alpha value is -1.56. The minimum atomic E-state index is -1.08. The smallest absolute Gasteiger partial charge is 0.410 e. The molecule has 0 aromatic rings. The van der Waals surface area contributed by atoms with E-state index in [1.54, 1.807) is 13.8 Å². The van der Waals surface area contributed by atoms with Crippen LogP contribution < -0.4 is 0 Å². The molecule has 1 aliphatic heterocycles. The minimum Gasteiger partial charge on any atom is -0.466 e. The van der Waals surface area contributed by atoms with E-state index in [-0.39, 0.29) is 6.61 Å². The fraction of sp³-hybridized carbons (Fsp3) is 0.600. The van der Waals surface area contributed by atoms with Crippen molar-refractivity contribution in [2.45, 2.75) is 25.6 Å². The molecule has 6 heteroatoms. The highest BCUT2D eigenvalue weighted by Gasteiger charge is 2.42. The maximum Gasteiger partial charge on any atom is 0.410 e. The third-order valence-electron chi connectivity index (χ3n) is 2.38. The molecule has 1 rings (SSSR count). The molecular weight excluding hydrogens is 214 g/mol. The van der Waals surface area contributed by atoms with Crippen LogP contribution in [0.15, 0.2) is 12.2 Å². The molecule has 6 nitrogen and oxygen atoms in total. The highest BCUT2D eigenvalue weighted by atomic mass is 16.5. The summed E-state index contributed by atoms with van der Waals surface area (Å²) in [6.07, 6.45) is 1.59. The molecule has 1 atom stereocenters. The average Bonchev–Trinajstić information content (AvgIpc) is 2.50. The van der Waals surface area contributed by atoms with Gasteiger partial charge in [0.05, 0.1) is 19.8 Å². The van der Waals surface area contributed by atoms with Gasteiger partial charge in [0.1, 0.15) is 5.72 Å². The quantitative estimate of drug-likeness (QED) is 0.560. The molecule has 16 heavy (non-hydrogen) atoms. The number of methoxy groups -OCH3 is 1. The Morgan fingerprint density at radius 1 is 1.56 bits per heavy atom. The number of esters is 1. The molecule has 1 saturated heterocycles. The van der Waals surface area contributed by atoms with E-state index in [0.29, 0.717) is 0 Å². The van der Waals surface area contributed by atoms with E-state index in [0.717, 1.165) is 4.90 Å². The number of rotatable bonds is 2. The van der Waals surface area contributed by atoms with Gasteiger partial charge in [-0.05, 0) is 13.8 Å². The Balaban J connectivity index is 2.78. The molecular formula is C10H15NO5. The topological polar surface area (TPSA) is 76.1 Å². The van der Waals surface area contributed by atoms with Crippen molar-refractivity contribution in [3.8, 4) is 0 Å². The number of carboxylic acid groups (broad SMARTS) is 1. The average molecular weight is 229 g/mol. The van der Waals surface area contributed by atoms with Crippen molar-refractivity contribution < 1.29 is 24.2 Å². The minimum absolute atomic E-state index is 0.229. The van der Waals surface area contributed by atoms with Gasteiger partial charge in [-0.1, -0.05) is 6.08 Å². The number of carbonyl (C=O) groups is 2. The van der Waals surface area contributed by atoms with Gasteiger partial charge >= 0.3 is 12.1 Å². The summed E-state index contributed by atoms with van der Waals surface area (Å²) >= 11 is 0. The van der Waals surface area contributed by atoms with E-state index in [1.165, 1.54) is 19.3 Å². The van der Waals surface area contributed by atoms with Crippen molar-refractivity contribution in [2.24, 2.45) is 0 Å². The zero-order valence-corrected chi connectivity index (χ0v) is 9.47. The van der Waals surface area contributed by atoms with E-state index in [2.05, 4.69) is 4.74 Å². The van der Waals surface area contributed by atoms with Crippen molar-refractivity contribution >= 4 is 12.1 Å². The van der Waals surface area contributed by atoms with Crippen LogP contribution in [0.25, 0.3) is 0 Å². The van der Waals surface area contributed by atoms with Gasteiger partial charge in [-0.25, -0.2) is 9.59 Å². The van der Waals surface area contributed by atoms with Crippen LogP contribution in [0.1, 0.15) is 13.8 Å². The predicted octanol–water partition coefficient (Wildman–Crippen LogP) is 0.830. The van der Waals surface area contributed by atoms with E-state index >= 15 is 0 Å². The molecule has 0 aromatic heterocycles. The number of carbonyl (C=O) groups excluding carboxylic acids is 1. The normalized spacial score (nSPS) is 23.7. The van der Waals surface area contributed by atoms with Crippen molar-refractivity contribution in [3.63, 3.8) is 0 Å². The van der Waals surface area contributed by atoms with Crippen LogP contribution in [-0.4, -0.2) is 47.6 Å². The second kappa shape index (κ2) is 4.52. The third-order valence-corrected chi connectivity index (χ3v) is 2.38. The van der Waals surface area contributed by atoms with Crippen LogP contribution in [0.4, 0.5) is 4.79 Å². The Morgan fingerprint density at radius 2 is 2.19 bits per heavy atom. The van der Waals surface area contributed by atoms with Crippen molar-refractivity contribution in [2.75, 3.05) is 13.7 Å². The predicted molar refractivity (Wildman–Crippen MR) is 54.8 cm³/mol. The number of hydrogen-bond donors (Lipinski definition) is 1. The molecule has 0 aromatic carbocycles. The van der Waals surface area contributed by atoms with Crippen LogP contribution in [0.2, 0.25) is 0 Å². The zero-order chi connectivity index (χ0) is 12.3. The first-order valence-electron chi connectivity index (χ1n) is 4.81. The molecule has 1 aliphatic rings. The van der Waals surface area contributed by atoms with Crippen LogP contribution in [0, 0.1) is 0 Å². The maximum atomic E-state index is 11.0. The summed E-state index contributed by atoms with van der Waals surface area (Å²) in [6, 6.07) is -0.466. The molecule has 0 saturated carbocycles. The summed E-state index contributed by atoms with van der Waals surface area (Å²) in [4.78, 5) is 23.1. The van der Waals surface area contributed by atoms with Crippen LogP contribution in [0.3, 0.4) is 0 Å². The first-order chi connectivity index (χ1) is 7.38. The summed E-state index contributed by atoms with van der Waals surface area (Å²) in [5.74, 6) is -0.518. The third kappa shape index (κ3) is 2.52. The van der Waals surface area contributed by atoms with Crippen LogP contribution in [-0.2, 0) is 14.3 Å². The van der Waals surface area contributed by atoms with Gasteiger partial charge < -0.3 is 14.6 Å². The summed E-state index contributed by atoms with van der Waals surface area (Å²) in [7, 11) is 1.26. The molecule has 1 heterocycles. The molecule has 0 bridgehead atoms. The molecule has 90 valence electrons. The fourth-order valence-electron chi connectivity index (χ4n) is 1.60. The standard InChI is InChI=1S/C10H15NO5/c1-10(2)11(9(13)14)7(6-16-10)4-5-8(12)15-3/h4-5,7H,6H2,1-3H3,(H,13,14)/t7-/m0/s1. The maximum absolute atomic E-state index is 11.0. The van der Waals surface area contributed by atoms with Gasteiger partial charge in [0.15, 0.2) is 0 Å². The van der Waals surface area contributed by atoms with Crippen molar-refractivity contribution in [3.05, 3.63) is 12.2 Å². The second-order valence-corrected chi connectivity index (χ2v) is 3.86. The Morgan fingerprint density at radius 3 is 2.69 bits per heavy atom. The molecule has 0 radical (unpaired) electrons. The highest BCUT2D eigenvalue weighted by molar-refractivity contribution is 5.82. The lowest BCUT2D eigenvalue weighted by Gasteiger charge is -2.29. The SMILES string of the molecule is COC(=O)C=C[C@H]1COC(C)(C)N1C(=O)O. The second-order valence-electron chi connectivity index (χ2n) is 3.86. The number of ether oxygens (including phenoxy) is 2. The van der Waals surface area contributed by atoms with E-state index in [4.69, 9.17) is 9.84 Å². The summed E-state index contributed by atoms with van der Waals surface area (Å²) in [5.41, 5.74) is -0.878. The molecule has 1 N–H and O–H groups in total. The Labute approximate surface area is 93.4 Å². The largest absolute Gasteiger partial charge is 0.466 e. The van der Waals surface area contributed by atoms with Crippen molar-refractivity contribution in [1.29, 1.82) is 0 Å². The van der Waals surface area contributed by atoms with Gasteiger partial charge in [0.2, 0.25) is 0 Å². The highest BCUT2D eigenvalue weighted by Crippen LogP contribution is 2.27. The van der Waals surface area contributed by atoms with Gasteiger partial charge in [0.25, 0.3) is 0 Å². The van der Waals surface area contributed by atoms with E-state index < -0.39 is 23.8 Å². The van der Waals surface area contributed by atoms with Gasteiger partial charge in [-0.3, -0.25) is 4.90 Å². The monoisotopic (exact) mass is 229 g/mol. The first-order valence-corrected chi connectivity index (χ1v) is 4.81. The van der Waals surface area contributed by atoms with Gasteiger partial charge in [-0.15, -0.1) is 0 Å². The number of nitrogens with zero attached hydrogens (tertiary/aromatic N) is 1. The first kappa shape index (κ1) is 12.5. The van der Waals surface area contributed by atoms with Gasteiger partial charge in [0, 0.05) is 6.08 Å². The number of hydrogen-bond acceptors (Lipinski definition) is 4.